The molecule has 0 aliphatic carbocycles. The van der Waals surface area contributed by atoms with Gasteiger partial charge >= 0.3 is 6.03 Å². The van der Waals surface area contributed by atoms with E-state index >= 15 is 0 Å². The number of hydrogen-bond donors (Lipinski definition) is 2. The van der Waals surface area contributed by atoms with E-state index in [1.807, 2.05) is 30.3 Å². The van der Waals surface area contributed by atoms with E-state index in [4.69, 9.17) is 6.42 Å². The van der Waals surface area contributed by atoms with Crippen molar-refractivity contribution in [2.45, 2.75) is 19.5 Å². The van der Waals surface area contributed by atoms with Crippen LogP contribution in [0.15, 0.2) is 30.3 Å². The predicted molar refractivity (Wildman–Crippen MR) is 60.1 cm³/mol. The molecule has 3 heteroatoms. The normalized spacial score (nSPS) is 11.2. The lowest BCUT2D eigenvalue weighted by atomic mass is 10.2. The smallest absolute Gasteiger partial charge is 0.316 e. The van der Waals surface area contributed by atoms with E-state index in [1.165, 1.54) is 0 Å². The molecule has 0 aliphatic rings. The Balaban J connectivity index is 2.32. The van der Waals surface area contributed by atoms with Crippen molar-refractivity contribution in [2.75, 3.05) is 0 Å². The molecule has 0 aromatic heterocycles. The Bertz CT molecular complexity index is 354. The van der Waals surface area contributed by atoms with Crippen LogP contribution in [0.1, 0.15) is 12.5 Å². The van der Waals surface area contributed by atoms with Gasteiger partial charge in [0.05, 0.1) is 6.04 Å². The molecule has 1 rings (SSSR count). The van der Waals surface area contributed by atoms with Crippen molar-refractivity contribution in [1.29, 1.82) is 0 Å². The Morgan fingerprint density at radius 2 is 2.13 bits per heavy atom. The number of nitrogens with one attached hydrogen (secondary N) is 2. The van der Waals surface area contributed by atoms with Crippen LogP contribution in [0, 0.1) is 12.3 Å². The summed E-state index contributed by atoms with van der Waals surface area (Å²) in [5.41, 5.74) is 1.06. The summed E-state index contributed by atoms with van der Waals surface area (Å²) in [6, 6.07) is 9.20. The van der Waals surface area contributed by atoms with Gasteiger partial charge in [0.15, 0.2) is 0 Å². The highest BCUT2D eigenvalue weighted by Crippen LogP contribution is 1.96. The fourth-order valence-corrected chi connectivity index (χ4v) is 1.07. The van der Waals surface area contributed by atoms with Crippen molar-refractivity contribution in [3.8, 4) is 12.3 Å². The van der Waals surface area contributed by atoms with Crippen LogP contribution in [0.4, 0.5) is 4.79 Å². The standard InChI is InChI=1S/C12H14N2O/c1-3-10(2)14-12(15)13-9-11-7-5-4-6-8-11/h1,4-8,10H,9H2,2H3,(H2,13,14,15). The van der Waals surface area contributed by atoms with Crippen molar-refractivity contribution >= 4 is 6.03 Å². The van der Waals surface area contributed by atoms with Gasteiger partial charge in [0.1, 0.15) is 0 Å². The number of rotatable bonds is 3. The summed E-state index contributed by atoms with van der Waals surface area (Å²) in [5.74, 6) is 2.42. The van der Waals surface area contributed by atoms with E-state index in [9.17, 15) is 4.79 Å². The molecule has 3 nitrogen and oxygen atoms in total. The first-order valence-electron chi connectivity index (χ1n) is 4.77. The van der Waals surface area contributed by atoms with Crippen molar-refractivity contribution in [3.63, 3.8) is 0 Å². The SMILES string of the molecule is C#CC(C)NC(=O)NCc1ccccc1. The average molecular weight is 202 g/mol. The fraction of sp³-hybridized carbons (Fsp3) is 0.250. The second kappa shape index (κ2) is 5.71. The molecular weight excluding hydrogens is 188 g/mol. The van der Waals surface area contributed by atoms with Gasteiger partial charge in [-0.15, -0.1) is 6.42 Å². The summed E-state index contributed by atoms with van der Waals surface area (Å²) in [6.45, 7) is 2.26. The molecule has 0 heterocycles. The minimum atomic E-state index is -0.249. The highest BCUT2D eigenvalue weighted by molar-refractivity contribution is 5.74. The average Bonchev–Trinajstić information content (AvgIpc) is 2.27. The molecule has 1 atom stereocenters. The van der Waals surface area contributed by atoms with Crippen molar-refractivity contribution in [3.05, 3.63) is 35.9 Å². The molecule has 0 spiro atoms. The van der Waals surface area contributed by atoms with E-state index in [2.05, 4.69) is 16.6 Å². The lowest BCUT2D eigenvalue weighted by Crippen LogP contribution is -2.39. The first-order valence-corrected chi connectivity index (χ1v) is 4.77. The molecule has 78 valence electrons. The molecule has 0 bridgehead atoms. The van der Waals surface area contributed by atoms with E-state index < -0.39 is 0 Å². The summed E-state index contributed by atoms with van der Waals surface area (Å²) in [5, 5.41) is 5.33. The number of carbonyl (C=O) groups excluding carboxylic acids is 1. The zero-order valence-corrected chi connectivity index (χ0v) is 8.66. The third-order valence-electron chi connectivity index (χ3n) is 1.89. The maximum Gasteiger partial charge on any atom is 0.316 e. The lowest BCUT2D eigenvalue weighted by Gasteiger charge is -2.09. The quantitative estimate of drug-likeness (QED) is 0.717. The third-order valence-corrected chi connectivity index (χ3v) is 1.89. The van der Waals surface area contributed by atoms with E-state index in [-0.39, 0.29) is 12.1 Å². The topological polar surface area (TPSA) is 41.1 Å². The minimum absolute atomic E-state index is 0.246. The second-order valence-corrected chi connectivity index (χ2v) is 3.20. The Morgan fingerprint density at radius 1 is 1.47 bits per heavy atom. The maximum absolute atomic E-state index is 11.3. The van der Waals surface area contributed by atoms with Crippen LogP contribution in [-0.2, 0) is 6.54 Å². The molecule has 2 N–H and O–H groups in total. The van der Waals surface area contributed by atoms with Crippen LogP contribution in [0.3, 0.4) is 0 Å². The lowest BCUT2D eigenvalue weighted by molar-refractivity contribution is 0.239. The summed E-state index contributed by atoms with van der Waals surface area (Å²) in [4.78, 5) is 11.3. The molecular formula is C12H14N2O. The Morgan fingerprint density at radius 3 is 2.73 bits per heavy atom. The molecule has 1 aromatic rings. The van der Waals surface area contributed by atoms with Gasteiger partial charge in [-0.05, 0) is 12.5 Å². The third kappa shape index (κ3) is 4.19. The molecule has 2 amide bonds. The van der Waals surface area contributed by atoms with Crippen LogP contribution < -0.4 is 10.6 Å². The van der Waals surface area contributed by atoms with E-state index in [0.29, 0.717) is 6.54 Å². The van der Waals surface area contributed by atoms with Crippen LogP contribution in [0.2, 0.25) is 0 Å². The maximum atomic E-state index is 11.3. The van der Waals surface area contributed by atoms with Gasteiger partial charge in [-0.1, -0.05) is 36.3 Å². The molecule has 15 heavy (non-hydrogen) atoms. The number of carbonyl (C=O) groups is 1. The molecule has 1 unspecified atom stereocenters. The Labute approximate surface area is 89.9 Å². The van der Waals surface area contributed by atoms with Crippen molar-refractivity contribution in [1.82, 2.24) is 10.6 Å². The molecule has 0 saturated carbocycles. The number of urea groups is 1. The number of hydrogen-bond acceptors (Lipinski definition) is 1. The number of terminal acetylenes is 1. The fourth-order valence-electron chi connectivity index (χ4n) is 1.07. The molecule has 0 radical (unpaired) electrons. The predicted octanol–water partition coefficient (Wildman–Crippen LogP) is 1.51. The molecule has 0 aliphatic heterocycles. The van der Waals surface area contributed by atoms with Gasteiger partial charge in [0.2, 0.25) is 0 Å². The first kappa shape index (κ1) is 11.1. The van der Waals surface area contributed by atoms with Crippen LogP contribution in [0.5, 0.6) is 0 Å². The summed E-state index contributed by atoms with van der Waals surface area (Å²) in [7, 11) is 0. The van der Waals surface area contributed by atoms with Gasteiger partial charge in [-0.25, -0.2) is 4.79 Å². The Hall–Kier alpha value is -1.95. The summed E-state index contributed by atoms with van der Waals surface area (Å²) in [6.07, 6.45) is 5.14. The monoisotopic (exact) mass is 202 g/mol. The largest absolute Gasteiger partial charge is 0.334 e. The van der Waals surface area contributed by atoms with Crippen LogP contribution >= 0.6 is 0 Å². The molecule has 0 saturated heterocycles. The number of benzene rings is 1. The van der Waals surface area contributed by atoms with E-state index in [1.54, 1.807) is 6.92 Å². The Kier molecular flexibility index (Phi) is 4.24. The van der Waals surface area contributed by atoms with Gasteiger partial charge in [0.25, 0.3) is 0 Å². The summed E-state index contributed by atoms with van der Waals surface area (Å²) >= 11 is 0. The van der Waals surface area contributed by atoms with Crippen LogP contribution in [0.25, 0.3) is 0 Å². The second-order valence-electron chi connectivity index (χ2n) is 3.20. The summed E-state index contributed by atoms with van der Waals surface area (Å²) < 4.78 is 0. The highest BCUT2D eigenvalue weighted by Gasteiger charge is 2.02. The van der Waals surface area contributed by atoms with Crippen molar-refractivity contribution < 1.29 is 4.79 Å². The minimum Gasteiger partial charge on any atom is -0.334 e. The number of amides is 2. The highest BCUT2D eigenvalue weighted by atomic mass is 16.2. The van der Waals surface area contributed by atoms with Gasteiger partial charge in [-0.2, -0.15) is 0 Å². The first-order chi connectivity index (χ1) is 7.22. The van der Waals surface area contributed by atoms with Gasteiger partial charge in [-0.3, -0.25) is 0 Å². The van der Waals surface area contributed by atoms with Gasteiger partial charge < -0.3 is 10.6 Å². The van der Waals surface area contributed by atoms with E-state index in [0.717, 1.165) is 5.56 Å². The van der Waals surface area contributed by atoms with Crippen LogP contribution in [-0.4, -0.2) is 12.1 Å². The zero-order valence-electron chi connectivity index (χ0n) is 8.66. The zero-order chi connectivity index (χ0) is 11.1. The van der Waals surface area contributed by atoms with Gasteiger partial charge in [0, 0.05) is 6.54 Å². The molecule has 1 aromatic carbocycles. The van der Waals surface area contributed by atoms with Crippen molar-refractivity contribution in [2.24, 2.45) is 0 Å². The molecule has 0 fully saturated rings.